The van der Waals surface area contributed by atoms with Gasteiger partial charge in [0.2, 0.25) is 0 Å². The molecular formula is C12H22F2O3. The van der Waals surface area contributed by atoms with E-state index >= 15 is 0 Å². The van der Waals surface area contributed by atoms with Gasteiger partial charge in [0.25, 0.3) is 6.43 Å². The van der Waals surface area contributed by atoms with Gasteiger partial charge in [-0.25, -0.2) is 8.78 Å². The normalized spacial score (nSPS) is 12.9. The third kappa shape index (κ3) is 11.6. The Morgan fingerprint density at radius 1 is 1.24 bits per heavy atom. The molecule has 1 atom stereocenters. The quantitative estimate of drug-likeness (QED) is 0.573. The third-order valence-corrected chi connectivity index (χ3v) is 2.50. The van der Waals surface area contributed by atoms with Crippen LogP contribution in [0, 0.1) is 0 Å². The van der Waals surface area contributed by atoms with Crippen LogP contribution in [0.1, 0.15) is 51.9 Å². The van der Waals surface area contributed by atoms with E-state index in [-0.39, 0.29) is 12.5 Å². The topological polar surface area (TPSA) is 46.5 Å². The fourth-order valence-corrected chi connectivity index (χ4v) is 1.60. The fraction of sp³-hybridized carbons (Fsp3) is 0.917. The summed E-state index contributed by atoms with van der Waals surface area (Å²) in [6, 6.07) is 0. The van der Waals surface area contributed by atoms with Crippen LogP contribution < -0.4 is 0 Å². The number of carboxylic acids is 1. The molecule has 0 aromatic rings. The molecule has 0 bridgehead atoms. The van der Waals surface area contributed by atoms with Gasteiger partial charge in [-0.15, -0.1) is 0 Å². The van der Waals surface area contributed by atoms with Crippen molar-refractivity contribution >= 4 is 5.97 Å². The van der Waals surface area contributed by atoms with Gasteiger partial charge in [-0.05, 0) is 19.3 Å². The Kier molecular flexibility index (Phi) is 10.0. The molecule has 0 aliphatic rings. The van der Waals surface area contributed by atoms with Crippen LogP contribution in [-0.2, 0) is 9.53 Å². The van der Waals surface area contributed by atoms with Crippen molar-refractivity contribution in [2.45, 2.75) is 64.4 Å². The van der Waals surface area contributed by atoms with Crippen LogP contribution in [0.2, 0.25) is 0 Å². The number of hydrogen-bond acceptors (Lipinski definition) is 2. The Bertz CT molecular complexity index is 198. The summed E-state index contributed by atoms with van der Waals surface area (Å²) in [5.74, 6) is -0.816. The first kappa shape index (κ1) is 16.3. The van der Waals surface area contributed by atoms with Crippen LogP contribution in [0.15, 0.2) is 0 Å². The van der Waals surface area contributed by atoms with E-state index in [1.54, 1.807) is 0 Å². The average molecular weight is 252 g/mol. The largest absolute Gasteiger partial charge is 0.481 e. The third-order valence-electron chi connectivity index (χ3n) is 2.50. The van der Waals surface area contributed by atoms with E-state index in [4.69, 9.17) is 9.84 Å². The smallest absolute Gasteiger partial charge is 0.303 e. The van der Waals surface area contributed by atoms with Gasteiger partial charge in [0, 0.05) is 6.42 Å². The van der Waals surface area contributed by atoms with Gasteiger partial charge in [-0.1, -0.05) is 26.2 Å². The zero-order valence-corrected chi connectivity index (χ0v) is 10.3. The minimum Gasteiger partial charge on any atom is -0.481 e. The maximum Gasteiger partial charge on any atom is 0.303 e. The van der Waals surface area contributed by atoms with E-state index in [1.165, 1.54) is 0 Å². The van der Waals surface area contributed by atoms with Crippen molar-refractivity contribution in [3.8, 4) is 0 Å². The molecule has 5 heteroatoms. The van der Waals surface area contributed by atoms with Crippen LogP contribution in [0.5, 0.6) is 0 Å². The van der Waals surface area contributed by atoms with E-state index in [9.17, 15) is 13.6 Å². The summed E-state index contributed by atoms with van der Waals surface area (Å²) >= 11 is 0. The summed E-state index contributed by atoms with van der Waals surface area (Å²) in [5.41, 5.74) is 0. The predicted octanol–water partition coefficient (Wildman–Crippen LogP) is 3.47. The summed E-state index contributed by atoms with van der Waals surface area (Å²) in [5, 5.41) is 8.47. The van der Waals surface area contributed by atoms with Gasteiger partial charge < -0.3 is 9.84 Å². The molecule has 17 heavy (non-hydrogen) atoms. The number of unbranched alkanes of at least 4 members (excludes halogenated alkanes) is 2. The molecule has 1 unspecified atom stereocenters. The molecule has 0 fully saturated rings. The lowest BCUT2D eigenvalue weighted by atomic mass is 10.1. The Labute approximate surface area is 101 Å². The van der Waals surface area contributed by atoms with Crippen molar-refractivity contribution in [2.24, 2.45) is 0 Å². The number of carbonyl (C=O) groups is 1. The minimum atomic E-state index is -2.43. The highest BCUT2D eigenvalue weighted by atomic mass is 19.3. The van der Waals surface area contributed by atoms with Gasteiger partial charge >= 0.3 is 5.97 Å². The highest BCUT2D eigenvalue weighted by molar-refractivity contribution is 5.66. The molecule has 0 amide bonds. The highest BCUT2D eigenvalue weighted by Gasteiger charge is 2.12. The second kappa shape index (κ2) is 10.4. The first-order valence-electron chi connectivity index (χ1n) is 6.17. The van der Waals surface area contributed by atoms with Crippen molar-refractivity contribution in [2.75, 3.05) is 6.61 Å². The number of alkyl halides is 2. The van der Waals surface area contributed by atoms with Crippen LogP contribution >= 0.6 is 0 Å². The number of hydrogen-bond donors (Lipinski definition) is 1. The Morgan fingerprint density at radius 2 is 1.88 bits per heavy atom. The fourth-order valence-electron chi connectivity index (χ4n) is 1.60. The molecule has 0 spiro atoms. The molecule has 0 aromatic carbocycles. The molecule has 0 saturated heterocycles. The van der Waals surface area contributed by atoms with E-state index in [1.807, 2.05) is 6.92 Å². The zero-order valence-electron chi connectivity index (χ0n) is 10.3. The average Bonchev–Trinajstić information content (AvgIpc) is 2.26. The molecule has 0 aliphatic heterocycles. The first-order chi connectivity index (χ1) is 8.06. The lowest BCUT2D eigenvalue weighted by Gasteiger charge is -2.17. The van der Waals surface area contributed by atoms with Crippen molar-refractivity contribution < 1.29 is 23.4 Å². The van der Waals surface area contributed by atoms with E-state index in [0.717, 1.165) is 19.3 Å². The van der Waals surface area contributed by atoms with Crippen LogP contribution in [0.25, 0.3) is 0 Å². The van der Waals surface area contributed by atoms with Crippen LogP contribution in [0.4, 0.5) is 8.78 Å². The maximum atomic E-state index is 12.0. The van der Waals surface area contributed by atoms with Gasteiger partial charge in [0.15, 0.2) is 0 Å². The number of halogens is 2. The second-order valence-corrected chi connectivity index (χ2v) is 4.13. The van der Waals surface area contributed by atoms with Crippen LogP contribution in [0.3, 0.4) is 0 Å². The Balaban J connectivity index is 3.71. The zero-order chi connectivity index (χ0) is 13.1. The molecule has 0 rings (SSSR count). The van der Waals surface area contributed by atoms with Crippen molar-refractivity contribution in [3.05, 3.63) is 0 Å². The van der Waals surface area contributed by atoms with E-state index < -0.39 is 19.0 Å². The van der Waals surface area contributed by atoms with Gasteiger partial charge in [0.1, 0.15) is 6.61 Å². The molecule has 0 heterocycles. The monoisotopic (exact) mass is 252 g/mol. The number of carboxylic acid groups (broad SMARTS) is 1. The van der Waals surface area contributed by atoms with Crippen molar-refractivity contribution in [3.63, 3.8) is 0 Å². The Hall–Kier alpha value is -0.710. The molecular weight excluding hydrogens is 230 g/mol. The summed E-state index contributed by atoms with van der Waals surface area (Å²) in [4.78, 5) is 10.3. The molecule has 0 aliphatic carbocycles. The Morgan fingerprint density at radius 3 is 2.41 bits per heavy atom. The predicted molar refractivity (Wildman–Crippen MR) is 61.4 cm³/mol. The summed E-state index contributed by atoms with van der Waals surface area (Å²) in [6.45, 7) is 1.52. The van der Waals surface area contributed by atoms with Crippen molar-refractivity contribution in [1.82, 2.24) is 0 Å². The lowest BCUT2D eigenvalue weighted by molar-refractivity contribution is -0.137. The molecule has 102 valence electrons. The van der Waals surface area contributed by atoms with Crippen LogP contribution in [-0.4, -0.2) is 30.2 Å². The molecule has 0 radical (unpaired) electrons. The highest BCUT2D eigenvalue weighted by Crippen LogP contribution is 2.14. The summed E-state index contributed by atoms with van der Waals surface area (Å²) in [6.07, 6.45) is 2.23. The summed E-state index contributed by atoms with van der Waals surface area (Å²) < 4.78 is 29.1. The summed E-state index contributed by atoms with van der Waals surface area (Å²) in [7, 11) is 0. The second-order valence-electron chi connectivity index (χ2n) is 4.13. The number of aliphatic carboxylic acids is 1. The number of rotatable bonds is 11. The van der Waals surface area contributed by atoms with E-state index in [2.05, 4.69) is 0 Å². The molecule has 3 nitrogen and oxygen atoms in total. The molecule has 0 saturated carbocycles. The van der Waals surface area contributed by atoms with E-state index in [0.29, 0.717) is 19.3 Å². The minimum absolute atomic E-state index is 0.134. The van der Waals surface area contributed by atoms with Gasteiger partial charge in [-0.3, -0.25) is 4.79 Å². The first-order valence-corrected chi connectivity index (χ1v) is 6.17. The van der Waals surface area contributed by atoms with Crippen molar-refractivity contribution in [1.29, 1.82) is 0 Å². The molecule has 0 aromatic heterocycles. The lowest BCUT2D eigenvalue weighted by Crippen LogP contribution is -2.17. The standard InChI is InChI=1S/C12H22F2O3/c1-2-3-6-10(17-9-11(13)14)7-4-5-8-12(15)16/h10-11H,2-9H2,1H3,(H,15,16). The van der Waals surface area contributed by atoms with Gasteiger partial charge in [-0.2, -0.15) is 0 Å². The SMILES string of the molecule is CCCCC(CCCCC(=O)O)OCC(F)F. The number of ether oxygens (including phenoxy) is 1. The van der Waals surface area contributed by atoms with Gasteiger partial charge in [0.05, 0.1) is 6.10 Å². The maximum absolute atomic E-state index is 12.0. The molecule has 1 N–H and O–H groups in total.